The van der Waals surface area contributed by atoms with Crippen LogP contribution in [0, 0.1) is 0 Å². The second kappa shape index (κ2) is 7.93. The highest BCUT2D eigenvalue weighted by Gasteiger charge is 2.24. The van der Waals surface area contributed by atoms with Crippen molar-refractivity contribution in [1.82, 2.24) is 5.43 Å². The van der Waals surface area contributed by atoms with E-state index in [2.05, 4.69) is 48.7 Å². The van der Waals surface area contributed by atoms with Crippen molar-refractivity contribution in [2.45, 2.75) is 32.4 Å². The molecule has 2 unspecified atom stereocenters. The highest BCUT2D eigenvalue weighted by atomic mass is 16.5. The summed E-state index contributed by atoms with van der Waals surface area (Å²) in [6, 6.07) is 18.6. The summed E-state index contributed by atoms with van der Waals surface area (Å²) >= 11 is 0. The van der Waals surface area contributed by atoms with Gasteiger partial charge in [-0.25, -0.2) is 0 Å². The van der Waals surface area contributed by atoms with Crippen molar-refractivity contribution >= 4 is 0 Å². The predicted octanol–water partition coefficient (Wildman–Crippen LogP) is 3.53. The van der Waals surface area contributed by atoms with E-state index in [1.165, 1.54) is 5.56 Å². The molecule has 2 atom stereocenters. The molecule has 112 valence electrons. The summed E-state index contributed by atoms with van der Waals surface area (Å²) in [5.41, 5.74) is 6.51. The number of nitrogens with two attached hydrogens (primary N) is 1. The molecule has 0 saturated heterocycles. The van der Waals surface area contributed by atoms with E-state index in [9.17, 15) is 0 Å². The molecule has 3 nitrogen and oxygen atoms in total. The lowest BCUT2D eigenvalue weighted by atomic mass is 9.94. The molecule has 0 aliphatic heterocycles. The molecule has 0 aromatic heterocycles. The second-order valence-electron chi connectivity index (χ2n) is 5.03. The first-order valence-corrected chi connectivity index (χ1v) is 7.51. The molecule has 3 N–H and O–H groups in total. The number of hydrogen-bond acceptors (Lipinski definition) is 3. The monoisotopic (exact) mass is 284 g/mol. The zero-order valence-corrected chi connectivity index (χ0v) is 12.8. The van der Waals surface area contributed by atoms with Crippen LogP contribution in [0.3, 0.4) is 0 Å². The van der Waals surface area contributed by atoms with Gasteiger partial charge in [0.2, 0.25) is 0 Å². The van der Waals surface area contributed by atoms with Gasteiger partial charge in [0, 0.05) is 6.61 Å². The molecule has 0 saturated carbocycles. The molecule has 0 aliphatic carbocycles. The van der Waals surface area contributed by atoms with Crippen LogP contribution in [0.2, 0.25) is 0 Å². The van der Waals surface area contributed by atoms with Crippen molar-refractivity contribution in [2.24, 2.45) is 5.84 Å². The van der Waals surface area contributed by atoms with Crippen LogP contribution in [0.4, 0.5) is 0 Å². The van der Waals surface area contributed by atoms with Gasteiger partial charge < -0.3 is 4.74 Å². The van der Waals surface area contributed by atoms with E-state index in [-0.39, 0.29) is 12.1 Å². The lowest BCUT2D eigenvalue weighted by molar-refractivity contribution is 0.0326. The molecule has 2 aromatic carbocycles. The summed E-state index contributed by atoms with van der Waals surface area (Å²) in [5.74, 6) is 5.83. The minimum absolute atomic E-state index is 0.0705. The number of aryl methyl sites for hydroxylation is 1. The third-order valence-corrected chi connectivity index (χ3v) is 3.68. The average molecular weight is 284 g/mol. The normalized spacial score (nSPS) is 13.9. The van der Waals surface area contributed by atoms with Gasteiger partial charge in [-0.15, -0.1) is 0 Å². The van der Waals surface area contributed by atoms with Crippen LogP contribution in [-0.4, -0.2) is 6.61 Å². The van der Waals surface area contributed by atoms with Crippen molar-refractivity contribution in [3.05, 3.63) is 71.3 Å². The van der Waals surface area contributed by atoms with Gasteiger partial charge in [0.15, 0.2) is 0 Å². The molecule has 0 fully saturated rings. The number of ether oxygens (including phenoxy) is 1. The minimum atomic E-state index is -0.103. The first-order valence-electron chi connectivity index (χ1n) is 7.51. The van der Waals surface area contributed by atoms with E-state index >= 15 is 0 Å². The molecule has 0 aliphatic rings. The molecule has 3 heteroatoms. The third-order valence-electron chi connectivity index (χ3n) is 3.68. The van der Waals surface area contributed by atoms with Crippen LogP contribution in [0.1, 0.15) is 42.7 Å². The Morgan fingerprint density at radius 3 is 2.33 bits per heavy atom. The van der Waals surface area contributed by atoms with E-state index in [0.717, 1.165) is 17.5 Å². The van der Waals surface area contributed by atoms with Crippen LogP contribution in [0.15, 0.2) is 54.6 Å². The fourth-order valence-corrected chi connectivity index (χ4v) is 2.57. The number of hydrogen-bond donors (Lipinski definition) is 2. The average Bonchev–Trinajstić information content (AvgIpc) is 2.56. The zero-order chi connectivity index (χ0) is 15.1. The number of rotatable bonds is 7. The molecule has 0 spiro atoms. The first kappa shape index (κ1) is 15.7. The molecular weight excluding hydrogens is 260 g/mol. The fraction of sp³-hybridized carbons (Fsp3) is 0.333. The Hall–Kier alpha value is -1.68. The van der Waals surface area contributed by atoms with Crippen molar-refractivity contribution in [1.29, 1.82) is 0 Å². The van der Waals surface area contributed by atoms with Crippen LogP contribution in [-0.2, 0) is 11.2 Å². The summed E-state index contributed by atoms with van der Waals surface area (Å²) in [7, 11) is 0. The van der Waals surface area contributed by atoms with Crippen molar-refractivity contribution in [3.8, 4) is 0 Å². The summed E-state index contributed by atoms with van der Waals surface area (Å²) in [6.45, 7) is 4.80. The maximum absolute atomic E-state index is 5.97. The standard InChI is InChI=1S/C18H24N2O/c1-3-14-9-8-12-16(13-14)17(20-19)18(21-4-2)15-10-6-5-7-11-15/h5-13,17-18,20H,3-4,19H2,1-2H3. The zero-order valence-electron chi connectivity index (χ0n) is 12.8. The topological polar surface area (TPSA) is 47.3 Å². The number of nitrogens with one attached hydrogen (secondary N) is 1. The first-order chi connectivity index (χ1) is 10.3. The number of hydrazine groups is 1. The van der Waals surface area contributed by atoms with E-state index < -0.39 is 0 Å². The second-order valence-corrected chi connectivity index (χ2v) is 5.03. The van der Waals surface area contributed by atoms with E-state index in [1.54, 1.807) is 0 Å². The van der Waals surface area contributed by atoms with Crippen LogP contribution in [0.5, 0.6) is 0 Å². The van der Waals surface area contributed by atoms with Crippen LogP contribution < -0.4 is 11.3 Å². The molecule has 2 aromatic rings. The molecular formula is C18H24N2O. The Bertz CT molecular complexity index is 542. The quantitative estimate of drug-likeness (QED) is 0.604. The lowest BCUT2D eigenvalue weighted by Crippen LogP contribution is -2.33. The molecule has 0 bridgehead atoms. The summed E-state index contributed by atoms with van der Waals surface area (Å²) in [4.78, 5) is 0. The Morgan fingerprint density at radius 2 is 1.71 bits per heavy atom. The summed E-state index contributed by atoms with van der Waals surface area (Å²) < 4.78 is 5.97. The molecule has 0 radical (unpaired) electrons. The lowest BCUT2D eigenvalue weighted by Gasteiger charge is -2.27. The molecule has 0 amide bonds. The van der Waals surface area contributed by atoms with Crippen molar-refractivity contribution < 1.29 is 4.74 Å². The smallest absolute Gasteiger partial charge is 0.103 e. The summed E-state index contributed by atoms with van der Waals surface area (Å²) in [6.07, 6.45) is 0.906. The number of benzene rings is 2. The fourth-order valence-electron chi connectivity index (χ4n) is 2.57. The Kier molecular flexibility index (Phi) is 5.93. The van der Waals surface area contributed by atoms with Gasteiger partial charge in [0.05, 0.1) is 6.04 Å². The highest BCUT2D eigenvalue weighted by molar-refractivity contribution is 5.30. The minimum Gasteiger partial charge on any atom is -0.372 e. The van der Waals surface area contributed by atoms with E-state index in [4.69, 9.17) is 10.6 Å². The van der Waals surface area contributed by atoms with Crippen molar-refractivity contribution in [3.63, 3.8) is 0 Å². The van der Waals surface area contributed by atoms with Gasteiger partial charge in [-0.3, -0.25) is 11.3 Å². The maximum atomic E-state index is 5.97. The Balaban J connectivity index is 2.35. The SMILES string of the molecule is CCOC(c1ccccc1)C(NN)c1cccc(CC)c1. The van der Waals surface area contributed by atoms with Gasteiger partial charge in [-0.05, 0) is 30.0 Å². The third kappa shape index (κ3) is 3.91. The van der Waals surface area contributed by atoms with Gasteiger partial charge >= 0.3 is 0 Å². The molecule has 21 heavy (non-hydrogen) atoms. The molecule has 0 heterocycles. The van der Waals surface area contributed by atoms with Crippen molar-refractivity contribution in [2.75, 3.05) is 6.61 Å². The van der Waals surface area contributed by atoms with Gasteiger partial charge in [-0.1, -0.05) is 61.5 Å². The van der Waals surface area contributed by atoms with Gasteiger partial charge in [0.1, 0.15) is 6.10 Å². The van der Waals surface area contributed by atoms with Gasteiger partial charge in [-0.2, -0.15) is 0 Å². The summed E-state index contributed by atoms with van der Waals surface area (Å²) in [5, 5.41) is 0. The van der Waals surface area contributed by atoms with E-state index in [1.807, 2.05) is 25.1 Å². The maximum Gasteiger partial charge on any atom is 0.103 e. The Morgan fingerprint density at radius 1 is 1.00 bits per heavy atom. The van der Waals surface area contributed by atoms with Gasteiger partial charge in [0.25, 0.3) is 0 Å². The van der Waals surface area contributed by atoms with Crippen LogP contribution >= 0.6 is 0 Å². The van der Waals surface area contributed by atoms with E-state index in [0.29, 0.717) is 6.61 Å². The predicted molar refractivity (Wildman–Crippen MR) is 86.7 cm³/mol. The van der Waals surface area contributed by atoms with Crippen LogP contribution in [0.25, 0.3) is 0 Å². The largest absolute Gasteiger partial charge is 0.372 e. The Labute approximate surface area is 127 Å². The molecule has 2 rings (SSSR count). The highest BCUT2D eigenvalue weighted by Crippen LogP contribution is 2.32.